The third-order valence-corrected chi connectivity index (χ3v) is 5.23. The highest BCUT2D eigenvalue weighted by atomic mass is 19.1. The molecule has 2 fully saturated rings. The minimum absolute atomic E-state index is 0.0404. The van der Waals surface area contributed by atoms with Crippen LogP contribution in [0.2, 0.25) is 0 Å². The zero-order chi connectivity index (χ0) is 18.2. The molecule has 3 atom stereocenters. The van der Waals surface area contributed by atoms with E-state index in [9.17, 15) is 23.5 Å². The lowest BCUT2D eigenvalue weighted by Crippen LogP contribution is -2.52. The Hall–Kier alpha value is -2.02. The highest BCUT2D eigenvalue weighted by Crippen LogP contribution is 2.50. The van der Waals surface area contributed by atoms with E-state index in [4.69, 9.17) is 4.74 Å². The van der Waals surface area contributed by atoms with E-state index in [-0.39, 0.29) is 30.5 Å². The third-order valence-electron chi connectivity index (χ3n) is 5.23. The van der Waals surface area contributed by atoms with Gasteiger partial charge in [-0.1, -0.05) is 0 Å². The molecule has 1 heterocycles. The number of aliphatic carboxylic acids is 1. The molecule has 1 amide bonds. The van der Waals surface area contributed by atoms with Gasteiger partial charge in [-0.2, -0.15) is 0 Å². The second kappa shape index (κ2) is 6.71. The van der Waals surface area contributed by atoms with Gasteiger partial charge in [0, 0.05) is 26.1 Å². The lowest BCUT2D eigenvalue weighted by molar-refractivity contribution is -0.159. The monoisotopic (exact) mass is 353 g/mol. The van der Waals surface area contributed by atoms with E-state index >= 15 is 0 Å². The molecule has 1 saturated heterocycles. The fourth-order valence-corrected chi connectivity index (χ4v) is 3.80. The summed E-state index contributed by atoms with van der Waals surface area (Å²) in [6, 6.07) is 3.25. The van der Waals surface area contributed by atoms with Crippen molar-refractivity contribution in [3.63, 3.8) is 0 Å². The fraction of sp³-hybridized carbons (Fsp3) is 0.556. The molecule has 1 aromatic rings. The number of carboxylic acids is 1. The minimum Gasteiger partial charge on any atom is -0.481 e. The molecule has 1 aromatic carbocycles. The first-order chi connectivity index (χ1) is 11.9. The molecule has 3 rings (SSSR count). The summed E-state index contributed by atoms with van der Waals surface area (Å²) in [5, 5.41) is 9.56. The smallest absolute Gasteiger partial charge is 0.313 e. The van der Waals surface area contributed by atoms with Crippen LogP contribution in [0, 0.1) is 23.0 Å². The number of carboxylic acid groups (broad SMARTS) is 1. The largest absolute Gasteiger partial charge is 0.481 e. The van der Waals surface area contributed by atoms with Gasteiger partial charge in [0.25, 0.3) is 0 Å². The number of benzene rings is 1. The minimum atomic E-state index is -1.10. The number of rotatable bonds is 5. The maximum Gasteiger partial charge on any atom is 0.313 e. The van der Waals surface area contributed by atoms with Crippen LogP contribution < -0.4 is 0 Å². The van der Waals surface area contributed by atoms with Gasteiger partial charge in [-0.15, -0.1) is 0 Å². The summed E-state index contributed by atoms with van der Waals surface area (Å²) in [4.78, 5) is 25.9. The SMILES string of the molecule is COCC1(C(=O)O)CCCN(C(=O)C2CC2c2cc(F)ccc2F)C1. The number of carbonyl (C=O) groups excluding carboxylic acids is 1. The van der Waals surface area contributed by atoms with Crippen LogP contribution in [0.3, 0.4) is 0 Å². The number of carbonyl (C=O) groups is 2. The van der Waals surface area contributed by atoms with E-state index in [0.717, 1.165) is 18.2 Å². The Labute approximate surface area is 144 Å². The number of ether oxygens (including phenoxy) is 1. The standard InChI is InChI=1S/C18H21F2NO4/c1-25-10-18(17(23)24)5-2-6-21(9-18)16(22)14-8-12(14)13-7-11(19)3-4-15(13)20/h3-4,7,12,14H,2,5-6,8-10H2,1H3,(H,23,24). The van der Waals surface area contributed by atoms with E-state index in [2.05, 4.69) is 0 Å². The zero-order valence-electron chi connectivity index (χ0n) is 14.0. The van der Waals surface area contributed by atoms with Crippen LogP contribution in [0.5, 0.6) is 0 Å². The van der Waals surface area contributed by atoms with E-state index in [1.807, 2.05) is 0 Å². The molecule has 0 radical (unpaired) electrons. The summed E-state index contributed by atoms with van der Waals surface area (Å²) in [5.74, 6) is -2.96. The zero-order valence-corrected chi connectivity index (χ0v) is 14.0. The van der Waals surface area contributed by atoms with Crippen molar-refractivity contribution in [1.29, 1.82) is 0 Å². The van der Waals surface area contributed by atoms with E-state index in [1.165, 1.54) is 7.11 Å². The molecular weight excluding hydrogens is 332 g/mol. The van der Waals surface area contributed by atoms with Crippen molar-refractivity contribution in [3.05, 3.63) is 35.4 Å². The van der Waals surface area contributed by atoms with Gasteiger partial charge in [0.05, 0.1) is 6.61 Å². The number of hydrogen-bond donors (Lipinski definition) is 1. The molecular formula is C18H21F2NO4. The van der Waals surface area contributed by atoms with Crippen molar-refractivity contribution >= 4 is 11.9 Å². The van der Waals surface area contributed by atoms with Crippen LogP contribution in [-0.4, -0.2) is 48.7 Å². The van der Waals surface area contributed by atoms with Crippen LogP contribution in [-0.2, 0) is 14.3 Å². The van der Waals surface area contributed by atoms with Crippen LogP contribution in [0.25, 0.3) is 0 Å². The summed E-state index contributed by atoms with van der Waals surface area (Å²) in [7, 11) is 1.44. The predicted octanol–water partition coefficient (Wildman–Crippen LogP) is 2.41. The Morgan fingerprint density at radius 3 is 2.84 bits per heavy atom. The van der Waals surface area contributed by atoms with Crippen LogP contribution in [0.15, 0.2) is 18.2 Å². The van der Waals surface area contributed by atoms with Gasteiger partial charge in [-0.25, -0.2) is 8.78 Å². The summed E-state index contributed by atoms with van der Waals surface area (Å²) in [6.07, 6.45) is 1.49. The Balaban J connectivity index is 1.72. The van der Waals surface area contributed by atoms with Crippen molar-refractivity contribution in [3.8, 4) is 0 Å². The molecule has 5 nitrogen and oxygen atoms in total. The van der Waals surface area contributed by atoms with Crippen molar-refractivity contribution in [2.45, 2.75) is 25.2 Å². The van der Waals surface area contributed by atoms with Gasteiger partial charge >= 0.3 is 5.97 Å². The Bertz CT molecular complexity index is 692. The Kier molecular flexibility index (Phi) is 4.77. The molecule has 1 N–H and O–H groups in total. The van der Waals surface area contributed by atoms with E-state index in [1.54, 1.807) is 4.90 Å². The molecule has 0 bridgehead atoms. The van der Waals surface area contributed by atoms with Gasteiger partial charge in [0.2, 0.25) is 5.91 Å². The van der Waals surface area contributed by atoms with Crippen LogP contribution in [0.4, 0.5) is 8.78 Å². The topological polar surface area (TPSA) is 66.8 Å². The number of methoxy groups -OCH3 is 1. The number of halogens is 2. The molecule has 0 aromatic heterocycles. The molecule has 1 aliphatic carbocycles. The maximum absolute atomic E-state index is 13.9. The lowest BCUT2D eigenvalue weighted by Gasteiger charge is -2.39. The van der Waals surface area contributed by atoms with Gasteiger partial charge in [0.15, 0.2) is 0 Å². The van der Waals surface area contributed by atoms with Gasteiger partial charge in [-0.3, -0.25) is 9.59 Å². The molecule has 1 saturated carbocycles. The summed E-state index contributed by atoms with van der Waals surface area (Å²) >= 11 is 0. The fourth-order valence-electron chi connectivity index (χ4n) is 3.80. The first-order valence-corrected chi connectivity index (χ1v) is 8.34. The molecule has 25 heavy (non-hydrogen) atoms. The van der Waals surface area contributed by atoms with Crippen molar-refractivity contribution in [2.24, 2.45) is 11.3 Å². The maximum atomic E-state index is 13.9. The second-order valence-corrected chi connectivity index (χ2v) is 7.00. The number of hydrogen-bond acceptors (Lipinski definition) is 3. The van der Waals surface area contributed by atoms with E-state index < -0.39 is 28.9 Å². The molecule has 3 unspecified atom stereocenters. The normalized spacial score (nSPS) is 28.7. The summed E-state index contributed by atoms with van der Waals surface area (Å²) in [6.45, 7) is 0.606. The molecule has 0 spiro atoms. The number of likely N-dealkylation sites (tertiary alicyclic amines) is 1. The van der Waals surface area contributed by atoms with Gasteiger partial charge in [0.1, 0.15) is 17.0 Å². The van der Waals surface area contributed by atoms with Gasteiger partial charge < -0.3 is 14.7 Å². The summed E-state index contributed by atoms with van der Waals surface area (Å²) in [5.41, 5.74) is -0.881. The summed E-state index contributed by atoms with van der Waals surface area (Å²) < 4.78 is 32.3. The highest BCUT2D eigenvalue weighted by Gasteiger charge is 2.50. The van der Waals surface area contributed by atoms with Crippen LogP contribution in [0.1, 0.15) is 30.7 Å². The molecule has 7 heteroatoms. The molecule has 1 aliphatic heterocycles. The van der Waals surface area contributed by atoms with Crippen molar-refractivity contribution in [1.82, 2.24) is 4.90 Å². The third kappa shape index (κ3) is 3.38. The quantitative estimate of drug-likeness (QED) is 0.883. The van der Waals surface area contributed by atoms with Crippen molar-refractivity contribution in [2.75, 3.05) is 26.8 Å². The van der Waals surface area contributed by atoms with Crippen molar-refractivity contribution < 1.29 is 28.2 Å². The predicted molar refractivity (Wildman–Crippen MR) is 85.0 cm³/mol. The second-order valence-electron chi connectivity index (χ2n) is 7.00. The van der Waals surface area contributed by atoms with Crippen LogP contribution >= 0.6 is 0 Å². The Morgan fingerprint density at radius 2 is 2.16 bits per heavy atom. The van der Waals surface area contributed by atoms with Gasteiger partial charge in [-0.05, 0) is 48.9 Å². The number of amides is 1. The molecule has 2 aliphatic rings. The first-order valence-electron chi connectivity index (χ1n) is 8.34. The average Bonchev–Trinajstić information content (AvgIpc) is 3.37. The average molecular weight is 353 g/mol. The Morgan fingerprint density at radius 1 is 1.40 bits per heavy atom. The molecule has 136 valence electrons. The first kappa shape index (κ1) is 17.8. The lowest BCUT2D eigenvalue weighted by atomic mass is 9.80. The number of piperidine rings is 1. The van der Waals surface area contributed by atoms with E-state index in [0.29, 0.717) is 25.8 Å². The number of nitrogens with zero attached hydrogens (tertiary/aromatic N) is 1. The highest BCUT2D eigenvalue weighted by molar-refractivity contribution is 5.84.